The summed E-state index contributed by atoms with van der Waals surface area (Å²) in [5.74, 6) is 0. The molecule has 1 aliphatic carbocycles. The van der Waals surface area contributed by atoms with E-state index in [1.54, 1.807) is 0 Å². The molecule has 0 bridgehead atoms. The van der Waals surface area contributed by atoms with Crippen molar-refractivity contribution in [1.82, 2.24) is 4.98 Å². The van der Waals surface area contributed by atoms with E-state index in [0.29, 0.717) is 5.41 Å². The average Bonchev–Trinajstić information content (AvgIpc) is 2.31. The third kappa shape index (κ3) is 1.11. The standard InChI is InChI=1S/C10H13N/c1-10(2)5-3-9-8(7-10)4-6-11-9/h3-6,11H,7H2,1-2H3. The predicted octanol–water partition coefficient (Wildman–Crippen LogP) is 2.61. The minimum atomic E-state index is 0.342. The molecule has 2 rings (SSSR count). The van der Waals surface area contributed by atoms with Gasteiger partial charge in [0.1, 0.15) is 0 Å². The van der Waals surface area contributed by atoms with Gasteiger partial charge in [-0.15, -0.1) is 0 Å². The van der Waals surface area contributed by atoms with Crippen LogP contribution in [-0.4, -0.2) is 4.98 Å². The molecular formula is C10H13N. The molecule has 11 heavy (non-hydrogen) atoms. The van der Waals surface area contributed by atoms with Crippen molar-refractivity contribution in [1.29, 1.82) is 0 Å². The summed E-state index contributed by atoms with van der Waals surface area (Å²) < 4.78 is 0. The number of allylic oxidation sites excluding steroid dienone is 1. The minimum absolute atomic E-state index is 0.342. The molecule has 0 fully saturated rings. The zero-order valence-corrected chi connectivity index (χ0v) is 7.02. The van der Waals surface area contributed by atoms with Gasteiger partial charge in [-0.3, -0.25) is 0 Å². The van der Waals surface area contributed by atoms with Crippen molar-refractivity contribution in [3.05, 3.63) is 29.6 Å². The molecule has 0 radical (unpaired) electrons. The number of aromatic amines is 1. The lowest BCUT2D eigenvalue weighted by Crippen LogP contribution is -2.14. The third-order valence-electron chi connectivity index (χ3n) is 2.22. The summed E-state index contributed by atoms with van der Waals surface area (Å²) in [6, 6.07) is 2.17. The maximum atomic E-state index is 3.21. The van der Waals surface area contributed by atoms with Crippen molar-refractivity contribution < 1.29 is 0 Å². The molecule has 1 aromatic rings. The molecule has 1 aliphatic rings. The Morgan fingerprint density at radius 2 is 2.27 bits per heavy atom. The molecule has 1 nitrogen and oxygen atoms in total. The summed E-state index contributed by atoms with van der Waals surface area (Å²) in [5, 5.41) is 0. The molecule has 1 heteroatoms. The summed E-state index contributed by atoms with van der Waals surface area (Å²) in [5.41, 5.74) is 3.07. The van der Waals surface area contributed by atoms with Gasteiger partial charge in [-0.1, -0.05) is 19.9 Å². The molecule has 0 atom stereocenters. The van der Waals surface area contributed by atoms with E-state index in [4.69, 9.17) is 0 Å². The van der Waals surface area contributed by atoms with Gasteiger partial charge in [0, 0.05) is 11.9 Å². The number of nitrogens with one attached hydrogen (secondary N) is 1. The van der Waals surface area contributed by atoms with E-state index in [-0.39, 0.29) is 0 Å². The predicted molar refractivity (Wildman–Crippen MR) is 47.3 cm³/mol. The molecule has 1 aromatic heterocycles. The van der Waals surface area contributed by atoms with Crippen LogP contribution >= 0.6 is 0 Å². The maximum Gasteiger partial charge on any atom is 0.0410 e. The molecule has 58 valence electrons. The first-order valence-electron chi connectivity index (χ1n) is 4.03. The van der Waals surface area contributed by atoms with E-state index >= 15 is 0 Å². The first kappa shape index (κ1) is 6.71. The summed E-state index contributed by atoms with van der Waals surface area (Å²) in [6.45, 7) is 4.53. The molecule has 1 heterocycles. The van der Waals surface area contributed by atoms with Crippen LogP contribution < -0.4 is 0 Å². The topological polar surface area (TPSA) is 15.8 Å². The molecule has 0 aliphatic heterocycles. The van der Waals surface area contributed by atoms with Crippen LogP contribution in [0, 0.1) is 5.41 Å². The number of hydrogen-bond acceptors (Lipinski definition) is 0. The Morgan fingerprint density at radius 1 is 1.45 bits per heavy atom. The fraction of sp³-hybridized carbons (Fsp3) is 0.400. The zero-order chi connectivity index (χ0) is 7.90. The monoisotopic (exact) mass is 147 g/mol. The Bertz CT molecular complexity index is 292. The zero-order valence-electron chi connectivity index (χ0n) is 7.02. The summed E-state index contributed by atoms with van der Waals surface area (Å²) >= 11 is 0. The number of H-pyrrole nitrogens is 1. The third-order valence-corrected chi connectivity index (χ3v) is 2.22. The highest BCUT2D eigenvalue weighted by molar-refractivity contribution is 5.54. The van der Waals surface area contributed by atoms with Crippen molar-refractivity contribution in [2.24, 2.45) is 5.41 Å². The van der Waals surface area contributed by atoms with Crippen molar-refractivity contribution in [2.75, 3.05) is 0 Å². The Labute approximate surface area is 67.1 Å². The molecule has 0 aromatic carbocycles. The molecule has 1 N–H and O–H groups in total. The first-order valence-corrected chi connectivity index (χ1v) is 4.03. The van der Waals surface area contributed by atoms with E-state index in [1.807, 2.05) is 6.20 Å². The van der Waals surface area contributed by atoms with Gasteiger partial charge in [-0.25, -0.2) is 0 Å². The van der Waals surface area contributed by atoms with Gasteiger partial charge in [-0.05, 0) is 29.5 Å². The van der Waals surface area contributed by atoms with Crippen molar-refractivity contribution in [3.63, 3.8) is 0 Å². The van der Waals surface area contributed by atoms with Crippen LogP contribution in [0.1, 0.15) is 25.1 Å². The van der Waals surface area contributed by atoms with Gasteiger partial charge in [0.25, 0.3) is 0 Å². The van der Waals surface area contributed by atoms with E-state index in [9.17, 15) is 0 Å². The molecule has 0 amide bonds. The van der Waals surface area contributed by atoms with Crippen LogP contribution in [0.25, 0.3) is 6.08 Å². The lowest BCUT2D eigenvalue weighted by Gasteiger charge is -2.23. The highest BCUT2D eigenvalue weighted by Gasteiger charge is 2.20. The Balaban J connectivity index is 2.44. The largest absolute Gasteiger partial charge is 0.361 e. The Morgan fingerprint density at radius 3 is 3.09 bits per heavy atom. The Kier molecular flexibility index (Phi) is 1.22. The molecular weight excluding hydrogens is 134 g/mol. The molecule has 0 saturated heterocycles. The second-order valence-corrected chi connectivity index (χ2v) is 3.92. The van der Waals surface area contributed by atoms with Crippen molar-refractivity contribution >= 4 is 6.08 Å². The number of hydrogen-bond donors (Lipinski definition) is 1. The van der Waals surface area contributed by atoms with Gasteiger partial charge in [0.2, 0.25) is 0 Å². The normalized spacial score (nSPS) is 19.8. The van der Waals surface area contributed by atoms with Crippen LogP contribution in [0.3, 0.4) is 0 Å². The van der Waals surface area contributed by atoms with Gasteiger partial charge < -0.3 is 4.98 Å². The number of rotatable bonds is 0. The van der Waals surface area contributed by atoms with Gasteiger partial charge in [0.05, 0.1) is 0 Å². The summed E-state index contributed by atoms with van der Waals surface area (Å²) in [4.78, 5) is 3.21. The van der Waals surface area contributed by atoms with Crippen LogP contribution in [0.15, 0.2) is 18.3 Å². The van der Waals surface area contributed by atoms with E-state index < -0.39 is 0 Å². The molecule has 0 saturated carbocycles. The van der Waals surface area contributed by atoms with Crippen LogP contribution in [-0.2, 0) is 6.42 Å². The number of aromatic nitrogens is 1. The van der Waals surface area contributed by atoms with Gasteiger partial charge in [0.15, 0.2) is 0 Å². The minimum Gasteiger partial charge on any atom is -0.361 e. The smallest absolute Gasteiger partial charge is 0.0410 e. The SMILES string of the molecule is CC1(C)C=Cc2[nH]ccc2C1. The van der Waals surface area contributed by atoms with Crippen molar-refractivity contribution in [3.8, 4) is 0 Å². The summed E-state index contributed by atoms with van der Waals surface area (Å²) in [6.07, 6.45) is 7.61. The van der Waals surface area contributed by atoms with Gasteiger partial charge in [-0.2, -0.15) is 0 Å². The molecule has 0 spiro atoms. The molecule has 0 unspecified atom stereocenters. The quantitative estimate of drug-likeness (QED) is 0.580. The van der Waals surface area contributed by atoms with Crippen LogP contribution in [0.2, 0.25) is 0 Å². The van der Waals surface area contributed by atoms with Crippen molar-refractivity contribution in [2.45, 2.75) is 20.3 Å². The Hall–Kier alpha value is -0.980. The van der Waals surface area contributed by atoms with E-state index in [0.717, 1.165) is 6.42 Å². The maximum absolute atomic E-state index is 3.21. The average molecular weight is 147 g/mol. The highest BCUT2D eigenvalue weighted by Crippen LogP contribution is 2.30. The lowest BCUT2D eigenvalue weighted by molar-refractivity contribution is 0.475. The number of fused-ring (bicyclic) bond motifs is 1. The summed E-state index contributed by atoms with van der Waals surface area (Å²) in [7, 11) is 0. The first-order chi connectivity index (χ1) is 5.17. The lowest BCUT2D eigenvalue weighted by atomic mass is 9.82. The fourth-order valence-corrected chi connectivity index (χ4v) is 1.58. The van der Waals surface area contributed by atoms with Crippen LogP contribution in [0.4, 0.5) is 0 Å². The highest BCUT2D eigenvalue weighted by atomic mass is 14.7. The second-order valence-electron chi connectivity index (χ2n) is 3.92. The fourth-order valence-electron chi connectivity index (χ4n) is 1.58. The van der Waals surface area contributed by atoms with Crippen LogP contribution in [0.5, 0.6) is 0 Å². The second kappa shape index (κ2) is 2.00. The van der Waals surface area contributed by atoms with E-state index in [1.165, 1.54) is 11.3 Å². The van der Waals surface area contributed by atoms with Gasteiger partial charge >= 0.3 is 0 Å². The van der Waals surface area contributed by atoms with E-state index in [2.05, 4.69) is 37.0 Å².